The van der Waals surface area contributed by atoms with E-state index in [1.165, 1.54) is 13.1 Å². The Morgan fingerprint density at radius 3 is 2.26 bits per heavy atom. The zero-order chi connectivity index (χ0) is 14.8. The van der Waals surface area contributed by atoms with Gasteiger partial charge in [-0.1, -0.05) is 15.9 Å². The summed E-state index contributed by atoms with van der Waals surface area (Å²) in [6, 6.07) is 4.79. The van der Waals surface area contributed by atoms with Gasteiger partial charge >= 0.3 is 0 Å². The van der Waals surface area contributed by atoms with Crippen molar-refractivity contribution in [3.05, 3.63) is 27.1 Å². The molecule has 19 heavy (non-hydrogen) atoms. The van der Waals surface area contributed by atoms with Crippen molar-refractivity contribution in [3.63, 3.8) is 0 Å². The Morgan fingerprint density at radius 1 is 1.16 bits per heavy atom. The quantitative estimate of drug-likeness (QED) is 0.709. The number of halogens is 2. The minimum absolute atomic E-state index is 0.0832. The molecule has 5 nitrogen and oxygen atoms in total. The van der Waals surface area contributed by atoms with Crippen LogP contribution in [0.4, 0.5) is 0 Å². The summed E-state index contributed by atoms with van der Waals surface area (Å²) in [7, 11) is -5.57. The fourth-order valence-electron chi connectivity index (χ4n) is 1.26. The smallest absolute Gasteiger partial charge is 0.229 e. The number of rotatable bonds is 5. The van der Waals surface area contributed by atoms with E-state index in [4.69, 9.17) is 0 Å². The van der Waals surface area contributed by atoms with Gasteiger partial charge < -0.3 is 0 Å². The normalized spacial score (nSPS) is 12.9. The van der Waals surface area contributed by atoms with Crippen molar-refractivity contribution in [1.29, 1.82) is 0 Å². The largest absolute Gasteiger partial charge is 0.244 e. The maximum absolute atomic E-state index is 12.3. The number of hydrogen-bond acceptors (Lipinski definition) is 4. The molecule has 1 aromatic carbocycles. The van der Waals surface area contributed by atoms with Crippen LogP contribution in [0.2, 0.25) is 0 Å². The fraction of sp³-hybridized carbons (Fsp3) is 0.400. The van der Waals surface area contributed by atoms with Gasteiger partial charge in [-0.25, -0.2) is 16.8 Å². The van der Waals surface area contributed by atoms with Gasteiger partial charge in [0, 0.05) is 28.8 Å². The number of sulfone groups is 1. The molecular weight excluding hydrogens is 422 g/mol. The molecule has 0 unspecified atom stereocenters. The van der Waals surface area contributed by atoms with Crippen molar-refractivity contribution < 1.29 is 16.8 Å². The molecule has 0 radical (unpaired) electrons. The monoisotopic (exact) mass is 433 g/mol. The summed E-state index contributed by atoms with van der Waals surface area (Å²) in [5.74, 6) is -0.214. The minimum atomic E-state index is -3.72. The van der Waals surface area contributed by atoms with E-state index in [9.17, 15) is 16.8 Å². The van der Waals surface area contributed by atoms with Crippen molar-refractivity contribution in [1.82, 2.24) is 4.31 Å². The van der Waals surface area contributed by atoms with E-state index in [1.807, 2.05) is 0 Å². The van der Waals surface area contributed by atoms with E-state index in [2.05, 4.69) is 31.9 Å². The molecule has 0 saturated carbocycles. The van der Waals surface area contributed by atoms with Crippen molar-refractivity contribution >= 4 is 51.7 Å². The first-order valence-corrected chi connectivity index (χ1v) is 10.2. The van der Waals surface area contributed by atoms with Gasteiger partial charge in [-0.05, 0) is 34.1 Å². The Balaban J connectivity index is 3.07. The maximum atomic E-state index is 12.3. The molecule has 0 fully saturated rings. The lowest BCUT2D eigenvalue weighted by Gasteiger charge is -2.17. The Labute approximate surface area is 130 Å². The third-order valence-corrected chi connectivity index (χ3v) is 6.63. The fourth-order valence-corrected chi connectivity index (χ4v) is 4.61. The van der Waals surface area contributed by atoms with Gasteiger partial charge in [-0.3, -0.25) is 0 Å². The maximum Gasteiger partial charge on any atom is 0.244 e. The molecule has 0 amide bonds. The van der Waals surface area contributed by atoms with Crippen molar-refractivity contribution in [3.8, 4) is 0 Å². The highest BCUT2D eigenvalue weighted by Gasteiger charge is 2.24. The standard InChI is InChI=1S/C10H13Br2NO4S2/c1-13(5-6-18(2,14)15)19(16,17)10-7-8(11)3-4-9(10)12/h3-4,7H,5-6H2,1-2H3. The average molecular weight is 435 g/mol. The lowest BCUT2D eigenvalue weighted by Crippen LogP contribution is -2.31. The first-order valence-electron chi connectivity index (χ1n) is 5.13. The van der Waals surface area contributed by atoms with Crippen molar-refractivity contribution in [2.24, 2.45) is 0 Å². The Morgan fingerprint density at radius 2 is 1.74 bits per heavy atom. The second-order valence-corrected chi connectivity index (χ2v) is 10.1. The number of hydrogen-bond donors (Lipinski definition) is 0. The summed E-state index contributed by atoms with van der Waals surface area (Å²) >= 11 is 6.39. The van der Waals surface area contributed by atoms with Crippen LogP contribution in [-0.4, -0.2) is 46.7 Å². The molecule has 1 aromatic rings. The third kappa shape index (κ3) is 4.82. The highest BCUT2D eigenvalue weighted by atomic mass is 79.9. The molecule has 108 valence electrons. The second-order valence-electron chi connectivity index (χ2n) is 4.03. The predicted octanol–water partition coefficient (Wildman–Crippen LogP) is 1.88. The molecule has 0 aliphatic heterocycles. The number of sulfonamides is 1. The van der Waals surface area contributed by atoms with Crippen LogP contribution in [0.15, 0.2) is 32.0 Å². The van der Waals surface area contributed by atoms with Gasteiger partial charge in [0.1, 0.15) is 9.84 Å². The molecule has 1 rings (SSSR count). The first-order chi connectivity index (χ1) is 8.54. The molecule has 0 aromatic heterocycles. The van der Waals surface area contributed by atoms with Crippen LogP contribution >= 0.6 is 31.9 Å². The molecule has 0 atom stereocenters. The summed E-state index contributed by atoms with van der Waals surface area (Å²) in [6.45, 7) is -0.0832. The summed E-state index contributed by atoms with van der Waals surface area (Å²) < 4.78 is 48.9. The summed E-state index contributed by atoms with van der Waals surface area (Å²) in [5, 5.41) is 0. The molecule has 0 spiro atoms. The summed E-state index contributed by atoms with van der Waals surface area (Å²) in [5.41, 5.74) is 0. The highest BCUT2D eigenvalue weighted by molar-refractivity contribution is 9.11. The SMILES string of the molecule is CN(CCS(C)(=O)=O)S(=O)(=O)c1cc(Br)ccc1Br. The van der Waals surface area contributed by atoms with Gasteiger partial charge in [0.15, 0.2) is 0 Å². The summed E-state index contributed by atoms with van der Waals surface area (Å²) in [6.07, 6.45) is 1.07. The molecular formula is C10H13Br2NO4S2. The highest BCUT2D eigenvalue weighted by Crippen LogP contribution is 2.27. The van der Waals surface area contributed by atoms with E-state index >= 15 is 0 Å². The van der Waals surface area contributed by atoms with Gasteiger partial charge in [0.2, 0.25) is 10.0 Å². The van der Waals surface area contributed by atoms with E-state index in [1.54, 1.807) is 12.1 Å². The first kappa shape index (κ1) is 17.1. The van der Waals surface area contributed by atoms with Crippen LogP contribution in [0, 0.1) is 0 Å². The molecule has 0 aliphatic rings. The lowest BCUT2D eigenvalue weighted by molar-refractivity contribution is 0.484. The Hall–Kier alpha value is 0.0400. The minimum Gasteiger partial charge on any atom is -0.229 e. The van der Waals surface area contributed by atoms with Crippen LogP contribution in [0.3, 0.4) is 0 Å². The van der Waals surface area contributed by atoms with Crippen molar-refractivity contribution in [2.75, 3.05) is 25.6 Å². The summed E-state index contributed by atoms with van der Waals surface area (Å²) in [4.78, 5) is 0.0953. The Bertz CT molecular complexity index is 671. The molecule has 0 N–H and O–H groups in total. The van der Waals surface area contributed by atoms with E-state index < -0.39 is 19.9 Å². The van der Waals surface area contributed by atoms with Crippen LogP contribution in [-0.2, 0) is 19.9 Å². The van der Waals surface area contributed by atoms with Crippen LogP contribution in [0.5, 0.6) is 0 Å². The molecule has 9 heteroatoms. The predicted molar refractivity (Wildman–Crippen MR) is 81.4 cm³/mol. The Kier molecular flexibility index (Phi) is 5.59. The number of nitrogens with zero attached hydrogens (tertiary/aromatic N) is 1. The van der Waals surface area contributed by atoms with Gasteiger partial charge in [-0.15, -0.1) is 0 Å². The molecule has 0 aliphatic carbocycles. The average Bonchev–Trinajstić information content (AvgIpc) is 2.28. The van der Waals surface area contributed by atoms with Gasteiger partial charge in [-0.2, -0.15) is 4.31 Å². The van der Waals surface area contributed by atoms with E-state index in [0.717, 1.165) is 10.6 Å². The zero-order valence-corrected chi connectivity index (χ0v) is 15.1. The van der Waals surface area contributed by atoms with Crippen LogP contribution in [0.1, 0.15) is 0 Å². The molecule has 0 heterocycles. The second kappa shape index (κ2) is 6.21. The lowest BCUT2D eigenvalue weighted by atomic mass is 10.4. The van der Waals surface area contributed by atoms with Gasteiger partial charge in [0.25, 0.3) is 0 Å². The van der Waals surface area contributed by atoms with E-state index in [-0.39, 0.29) is 17.2 Å². The molecule has 0 saturated heterocycles. The van der Waals surface area contributed by atoms with Crippen LogP contribution < -0.4 is 0 Å². The van der Waals surface area contributed by atoms with Crippen LogP contribution in [0.25, 0.3) is 0 Å². The topological polar surface area (TPSA) is 71.5 Å². The van der Waals surface area contributed by atoms with Gasteiger partial charge in [0.05, 0.1) is 10.6 Å². The third-order valence-electron chi connectivity index (χ3n) is 2.36. The number of benzene rings is 1. The molecule has 0 bridgehead atoms. The van der Waals surface area contributed by atoms with E-state index in [0.29, 0.717) is 8.95 Å². The zero-order valence-electron chi connectivity index (χ0n) is 10.3. The van der Waals surface area contributed by atoms with Crippen molar-refractivity contribution in [2.45, 2.75) is 4.90 Å².